The second-order valence-electron chi connectivity index (χ2n) is 7.28. The van der Waals surface area contributed by atoms with Gasteiger partial charge in [-0.15, -0.1) is 0 Å². The Morgan fingerprint density at radius 2 is 2.20 bits per heavy atom. The van der Waals surface area contributed by atoms with Gasteiger partial charge >= 0.3 is 5.97 Å². The van der Waals surface area contributed by atoms with Crippen LogP contribution in [0.4, 0.5) is 10.2 Å². The summed E-state index contributed by atoms with van der Waals surface area (Å²) >= 11 is 0. The average Bonchev–Trinajstić information content (AvgIpc) is 3.30. The molecule has 0 bridgehead atoms. The number of carbonyl (C=O) groups is 1. The Hall–Kier alpha value is -2.48. The molecule has 2 aromatic heterocycles. The van der Waals surface area contributed by atoms with Crippen LogP contribution in [0.5, 0.6) is 0 Å². The zero-order chi connectivity index (χ0) is 17.9. The quantitative estimate of drug-likeness (QED) is 0.873. The van der Waals surface area contributed by atoms with Gasteiger partial charge in [-0.3, -0.25) is 4.79 Å². The van der Waals surface area contributed by atoms with Crippen molar-refractivity contribution in [2.24, 2.45) is 5.73 Å². The van der Waals surface area contributed by atoms with Gasteiger partial charge in [-0.2, -0.15) is 0 Å². The number of nitrogens with zero attached hydrogens (tertiary/aromatic N) is 3. The maximum absolute atomic E-state index is 13.6. The molecule has 1 saturated heterocycles. The molecule has 4 rings (SSSR count). The lowest BCUT2D eigenvalue weighted by molar-refractivity contribution is 0.0695. The number of anilines is 1. The minimum atomic E-state index is -1.31. The van der Waals surface area contributed by atoms with E-state index >= 15 is 0 Å². The number of pyridine rings is 2. The first-order chi connectivity index (χ1) is 11.8. The molecule has 1 saturated carbocycles. The summed E-state index contributed by atoms with van der Waals surface area (Å²) in [6, 6.07) is 1.13. The van der Waals surface area contributed by atoms with Gasteiger partial charge in [0, 0.05) is 24.7 Å². The highest BCUT2D eigenvalue weighted by molar-refractivity contribution is 5.98. The lowest BCUT2D eigenvalue weighted by Crippen LogP contribution is -2.40. The Labute approximate surface area is 142 Å². The van der Waals surface area contributed by atoms with Gasteiger partial charge in [0.2, 0.25) is 5.43 Å². The molecule has 0 aromatic carbocycles. The van der Waals surface area contributed by atoms with E-state index in [2.05, 4.69) is 4.98 Å². The molecular weight excluding hydrogens is 327 g/mol. The summed E-state index contributed by atoms with van der Waals surface area (Å²) in [6.07, 6.45) is 3.50. The number of carboxylic acids is 1. The summed E-state index contributed by atoms with van der Waals surface area (Å²) in [6.45, 7) is 2.92. The van der Waals surface area contributed by atoms with Crippen LogP contribution in [0, 0.1) is 5.82 Å². The molecule has 1 aliphatic heterocycles. The highest BCUT2D eigenvalue weighted by Crippen LogP contribution is 2.42. The van der Waals surface area contributed by atoms with Crippen molar-refractivity contribution < 1.29 is 14.3 Å². The van der Waals surface area contributed by atoms with Gasteiger partial charge in [-0.25, -0.2) is 14.2 Å². The summed E-state index contributed by atoms with van der Waals surface area (Å²) < 4.78 is 15.4. The molecule has 1 atom stereocenters. The van der Waals surface area contributed by atoms with Crippen molar-refractivity contribution in [3.05, 3.63) is 33.9 Å². The van der Waals surface area contributed by atoms with Gasteiger partial charge in [0.05, 0.1) is 11.6 Å². The first-order valence-electron chi connectivity index (χ1n) is 8.29. The van der Waals surface area contributed by atoms with E-state index in [0.717, 1.165) is 25.1 Å². The highest BCUT2D eigenvalue weighted by Gasteiger charge is 2.38. The molecule has 1 aliphatic carbocycles. The average molecular weight is 346 g/mol. The van der Waals surface area contributed by atoms with Crippen LogP contribution in [-0.4, -0.2) is 39.3 Å². The van der Waals surface area contributed by atoms with Gasteiger partial charge in [0.1, 0.15) is 22.8 Å². The molecule has 2 aromatic rings. The number of rotatable bonds is 3. The molecular formula is C17H19FN4O3. The number of nitrogens with two attached hydrogens (primary N) is 1. The minimum absolute atomic E-state index is 0.00255. The van der Waals surface area contributed by atoms with Crippen molar-refractivity contribution in [1.29, 1.82) is 0 Å². The van der Waals surface area contributed by atoms with Gasteiger partial charge in [0.15, 0.2) is 0 Å². The predicted molar refractivity (Wildman–Crippen MR) is 90.6 cm³/mol. The van der Waals surface area contributed by atoms with Crippen LogP contribution in [0.25, 0.3) is 11.0 Å². The Balaban J connectivity index is 2.07. The molecule has 8 heteroatoms. The summed E-state index contributed by atoms with van der Waals surface area (Å²) in [5, 5.41) is 9.71. The topological polar surface area (TPSA) is 101 Å². The smallest absolute Gasteiger partial charge is 0.343 e. The summed E-state index contributed by atoms with van der Waals surface area (Å²) in [5.41, 5.74) is 5.05. The fourth-order valence-corrected chi connectivity index (χ4v) is 3.60. The number of aromatic carboxylic acids is 1. The molecule has 1 unspecified atom stereocenters. The summed E-state index contributed by atoms with van der Waals surface area (Å²) in [5.74, 6) is -1.63. The van der Waals surface area contributed by atoms with E-state index < -0.39 is 22.8 Å². The Morgan fingerprint density at radius 3 is 2.76 bits per heavy atom. The molecule has 0 spiro atoms. The molecule has 25 heavy (non-hydrogen) atoms. The molecule has 0 amide bonds. The van der Waals surface area contributed by atoms with Gasteiger partial charge in [-0.05, 0) is 32.3 Å². The van der Waals surface area contributed by atoms with Gasteiger partial charge in [-0.1, -0.05) is 0 Å². The SMILES string of the molecule is CC1(N)CCN(c2c(C(=O)O)c(=O)c3cc(F)cnc3n2C2CC2)C1. The monoisotopic (exact) mass is 346 g/mol. The summed E-state index contributed by atoms with van der Waals surface area (Å²) in [4.78, 5) is 30.7. The van der Waals surface area contributed by atoms with Crippen LogP contribution in [0.15, 0.2) is 17.1 Å². The summed E-state index contributed by atoms with van der Waals surface area (Å²) in [7, 11) is 0. The molecule has 0 radical (unpaired) electrons. The lowest BCUT2D eigenvalue weighted by Gasteiger charge is -2.27. The van der Waals surface area contributed by atoms with Gasteiger partial charge < -0.3 is 20.3 Å². The third-order valence-corrected chi connectivity index (χ3v) is 4.92. The Kier molecular flexibility index (Phi) is 3.37. The highest BCUT2D eigenvalue weighted by atomic mass is 19.1. The number of aromatic nitrogens is 2. The zero-order valence-electron chi connectivity index (χ0n) is 13.8. The molecule has 3 N–H and O–H groups in total. The van der Waals surface area contributed by atoms with Crippen LogP contribution in [0.1, 0.15) is 42.6 Å². The van der Waals surface area contributed by atoms with Crippen molar-refractivity contribution in [3.8, 4) is 0 Å². The van der Waals surface area contributed by atoms with Crippen LogP contribution in [0.2, 0.25) is 0 Å². The fourth-order valence-electron chi connectivity index (χ4n) is 3.60. The van der Waals surface area contributed by atoms with E-state index in [9.17, 15) is 19.1 Å². The lowest BCUT2D eigenvalue weighted by atomic mass is 10.0. The first-order valence-corrected chi connectivity index (χ1v) is 8.29. The van der Waals surface area contributed by atoms with Crippen molar-refractivity contribution in [3.63, 3.8) is 0 Å². The Bertz CT molecular complexity index is 949. The molecule has 7 nitrogen and oxygen atoms in total. The van der Waals surface area contributed by atoms with Crippen LogP contribution in [0.3, 0.4) is 0 Å². The first kappa shape index (κ1) is 16.0. The predicted octanol–water partition coefficient (Wildman–Crippen LogP) is 1.50. The zero-order valence-corrected chi connectivity index (χ0v) is 13.8. The van der Waals surface area contributed by atoms with E-state index in [1.54, 1.807) is 4.57 Å². The molecule has 2 fully saturated rings. The standard InChI is InChI=1S/C17H19FN4O3/c1-17(19)4-5-21(8-17)15-12(16(24)25)13(23)11-6-9(18)7-20-14(11)22(15)10-2-3-10/h6-7,10H,2-5,8,19H2,1H3,(H,24,25). The third-order valence-electron chi connectivity index (χ3n) is 4.92. The van der Waals surface area contributed by atoms with E-state index in [1.807, 2.05) is 11.8 Å². The number of fused-ring (bicyclic) bond motifs is 1. The van der Waals surface area contributed by atoms with E-state index in [-0.39, 0.29) is 17.0 Å². The normalized spacial score (nSPS) is 23.4. The van der Waals surface area contributed by atoms with E-state index in [0.29, 0.717) is 31.0 Å². The second-order valence-corrected chi connectivity index (χ2v) is 7.28. The number of carboxylic acid groups (broad SMARTS) is 1. The Morgan fingerprint density at radius 1 is 1.48 bits per heavy atom. The third kappa shape index (κ3) is 2.57. The molecule has 2 aliphatic rings. The number of hydrogen-bond acceptors (Lipinski definition) is 5. The number of hydrogen-bond donors (Lipinski definition) is 2. The fraction of sp³-hybridized carbons (Fsp3) is 0.471. The van der Waals surface area contributed by atoms with Crippen molar-refractivity contribution >= 4 is 22.8 Å². The van der Waals surface area contributed by atoms with Crippen molar-refractivity contribution in [2.45, 2.75) is 37.8 Å². The van der Waals surface area contributed by atoms with Gasteiger partial charge in [0.25, 0.3) is 0 Å². The van der Waals surface area contributed by atoms with Crippen molar-refractivity contribution in [1.82, 2.24) is 9.55 Å². The van der Waals surface area contributed by atoms with E-state index in [4.69, 9.17) is 5.73 Å². The maximum Gasteiger partial charge on any atom is 0.343 e. The minimum Gasteiger partial charge on any atom is -0.477 e. The number of halogens is 1. The molecule has 132 valence electrons. The van der Waals surface area contributed by atoms with Crippen molar-refractivity contribution in [2.75, 3.05) is 18.0 Å². The van der Waals surface area contributed by atoms with Crippen LogP contribution >= 0.6 is 0 Å². The van der Waals surface area contributed by atoms with Crippen LogP contribution < -0.4 is 16.1 Å². The largest absolute Gasteiger partial charge is 0.477 e. The van der Waals surface area contributed by atoms with E-state index in [1.165, 1.54) is 0 Å². The van der Waals surface area contributed by atoms with Crippen LogP contribution in [-0.2, 0) is 0 Å². The molecule has 3 heterocycles. The second kappa shape index (κ2) is 5.26. The maximum atomic E-state index is 13.6.